The topological polar surface area (TPSA) is 46.1 Å². The third-order valence-corrected chi connectivity index (χ3v) is 3.86. The number of amides is 2. The molecule has 1 atom stereocenters. The fraction of sp³-hybridized carbons (Fsp3) is 0.353. The Labute approximate surface area is 136 Å². The van der Waals surface area contributed by atoms with Gasteiger partial charge in [-0.1, -0.05) is 30.7 Å². The minimum Gasteiger partial charge on any atom is -0.345 e. The molecular weight excluding hydrogens is 298 g/mol. The van der Waals surface area contributed by atoms with Crippen LogP contribution in [0.3, 0.4) is 0 Å². The molecule has 0 aliphatic carbocycles. The van der Waals surface area contributed by atoms with E-state index in [4.69, 9.17) is 11.6 Å². The molecule has 0 aliphatic rings. The van der Waals surface area contributed by atoms with Crippen LogP contribution in [0.15, 0.2) is 42.6 Å². The quantitative estimate of drug-likeness (QED) is 0.836. The molecule has 0 bridgehead atoms. The molecular formula is C17H22ClN3O. The standard InChI is InChI=1S/C17H22ClN3O/c1-3-13(2)20-17(22)19-11-16-5-4-10-21(16)12-14-6-8-15(18)9-7-14/h4-10,13H,3,11-12H2,1-2H3,(H2,19,20,22)/t13-/m0/s1. The number of hydrogen-bond acceptors (Lipinski definition) is 1. The van der Waals surface area contributed by atoms with Gasteiger partial charge in [-0.2, -0.15) is 0 Å². The summed E-state index contributed by atoms with van der Waals surface area (Å²) in [6.07, 6.45) is 2.93. The highest BCUT2D eigenvalue weighted by Crippen LogP contribution is 2.12. The molecule has 4 nitrogen and oxygen atoms in total. The zero-order chi connectivity index (χ0) is 15.9. The number of aromatic nitrogens is 1. The maximum atomic E-state index is 11.8. The number of urea groups is 1. The van der Waals surface area contributed by atoms with E-state index in [-0.39, 0.29) is 12.1 Å². The molecule has 2 N–H and O–H groups in total. The minimum atomic E-state index is -0.131. The van der Waals surface area contributed by atoms with Crippen molar-refractivity contribution >= 4 is 17.6 Å². The van der Waals surface area contributed by atoms with Crippen LogP contribution in [0, 0.1) is 0 Å². The minimum absolute atomic E-state index is 0.131. The van der Waals surface area contributed by atoms with Gasteiger partial charge in [0.05, 0.1) is 6.54 Å². The third-order valence-electron chi connectivity index (χ3n) is 3.61. The van der Waals surface area contributed by atoms with Gasteiger partial charge in [-0.15, -0.1) is 0 Å². The largest absolute Gasteiger partial charge is 0.345 e. The smallest absolute Gasteiger partial charge is 0.315 e. The van der Waals surface area contributed by atoms with Gasteiger partial charge in [0.2, 0.25) is 0 Å². The lowest BCUT2D eigenvalue weighted by molar-refractivity contribution is 0.237. The second-order valence-corrected chi connectivity index (χ2v) is 5.83. The van der Waals surface area contributed by atoms with Gasteiger partial charge in [0.1, 0.15) is 0 Å². The van der Waals surface area contributed by atoms with Crippen LogP contribution < -0.4 is 10.6 Å². The fourth-order valence-electron chi connectivity index (χ4n) is 2.10. The van der Waals surface area contributed by atoms with Gasteiger partial charge in [-0.05, 0) is 43.2 Å². The van der Waals surface area contributed by atoms with Crippen LogP contribution >= 0.6 is 11.6 Å². The lowest BCUT2D eigenvalue weighted by Crippen LogP contribution is -2.40. The van der Waals surface area contributed by atoms with Crippen molar-refractivity contribution in [2.24, 2.45) is 0 Å². The molecule has 0 fully saturated rings. The van der Waals surface area contributed by atoms with Gasteiger partial charge in [0, 0.05) is 29.5 Å². The summed E-state index contributed by atoms with van der Waals surface area (Å²) in [5, 5.41) is 6.52. The number of nitrogens with one attached hydrogen (secondary N) is 2. The predicted octanol–water partition coefficient (Wildman–Crippen LogP) is 3.79. The molecule has 22 heavy (non-hydrogen) atoms. The summed E-state index contributed by atoms with van der Waals surface area (Å²) in [6, 6.07) is 11.8. The highest BCUT2D eigenvalue weighted by molar-refractivity contribution is 6.30. The molecule has 2 aromatic rings. The van der Waals surface area contributed by atoms with Gasteiger partial charge in [-0.25, -0.2) is 4.79 Å². The number of benzene rings is 1. The van der Waals surface area contributed by atoms with E-state index in [1.54, 1.807) is 0 Å². The molecule has 118 valence electrons. The first-order chi connectivity index (χ1) is 10.6. The van der Waals surface area contributed by atoms with Crippen molar-refractivity contribution in [3.8, 4) is 0 Å². The molecule has 0 saturated carbocycles. The molecule has 1 aromatic heterocycles. The summed E-state index contributed by atoms with van der Waals surface area (Å²) >= 11 is 5.90. The van der Waals surface area contributed by atoms with Crippen LogP contribution in [-0.4, -0.2) is 16.6 Å². The number of nitrogens with zero attached hydrogens (tertiary/aromatic N) is 1. The average Bonchev–Trinajstić information content (AvgIpc) is 2.94. The van der Waals surface area contributed by atoms with E-state index in [1.165, 1.54) is 5.56 Å². The Morgan fingerprint density at radius 3 is 2.68 bits per heavy atom. The van der Waals surface area contributed by atoms with Crippen molar-refractivity contribution in [3.63, 3.8) is 0 Å². The Bertz CT molecular complexity index is 607. The molecule has 0 unspecified atom stereocenters. The van der Waals surface area contributed by atoms with Gasteiger partial charge < -0.3 is 15.2 Å². The first-order valence-corrected chi connectivity index (χ1v) is 7.89. The molecule has 5 heteroatoms. The van der Waals surface area contributed by atoms with Crippen molar-refractivity contribution in [2.45, 2.75) is 39.4 Å². The lowest BCUT2D eigenvalue weighted by atomic mass is 10.2. The predicted molar refractivity (Wildman–Crippen MR) is 90.1 cm³/mol. The van der Waals surface area contributed by atoms with Crippen LogP contribution in [0.5, 0.6) is 0 Å². The highest BCUT2D eigenvalue weighted by Gasteiger charge is 2.07. The zero-order valence-electron chi connectivity index (χ0n) is 13.0. The van der Waals surface area contributed by atoms with E-state index in [2.05, 4.69) is 15.2 Å². The second-order valence-electron chi connectivity index (χ2n) is 5.39. The van der Waals surface area contributed by atoms with Crippen LogP contribution in [0.4, 0.5) is 4.79 Å². The summed E-state index contributed by atoms with van der Waals surface area (Å²) in [5.41, 5.74) is 2.24. The maximum Gasteiger partial charge on any atom is 0.315 e. The first-order valence-electron chi connectivity index (χ1n) is 7.51. The normalized spacial score (nSPS) is 12.0. The maximum absolute atomic E-state index is 11.8. The first kappa shape index (κ1) is 16.4. The average molecular weight is 320 g/mol. The molecule has 0 aliphatic heterocycles. The SMILES string of the molecule is CC[C@H](C)NC(=O)NCc1cccn1Cc1ccc(Cl)cc1. The van der Waals surface area contributed by atoms with Crippen molar-refractivity contribution in [1.29, 1.82) is 0 Å². The molecule has 0 saturated heterocycles. The summed E-state index contributed by atoms with van der Waals surface area (Å²) in [4.78, 5) is 11.8. The summed E-state index contributed by atoms with van der Waals surface area (Å²) in [6.45, 7) is 5.29. The molecule has 1 heterocycles. The van der Waals surface area contributed by atoms with E-state index < -0.39 is 0 Å². The Morgan fingerprint density at radius 1 is 1.27 bits per heavy atom. The number of carbonyl (C=O) groups is 1. The van der Waals surface area contributed by atoms with E-state index in [0.717, 1.165) is 23.7 Å². The van der Waals surface area contributed by atoms with Crippen molar-refractivity contribution < 1.29 is 4.79 Å². The van der Waals surface area contributed by atoms with Crippen molar-refractivity contribution in [3.05, 3.63) is 58.9 Å². The van der Waals surface area contributed by atoms with Crippen LogP contribution in [0.25, 0.3) is 0 Å². The highest BCUT2D eigenvalue weighted by atomic mass is 35.5. The number of rotatable bonds is 6. The molecule has 0 spiro atoms. The van der Waals surface area contributed by atoms with Crippen LogP contribution in [0.1, 0.15) is 31.5 Å². The fourth-order valence-corrected chi connectivity index (χ4v) is 2.22. The second kappa shape index (κ2) is 7.90. The van der Waals surface area contributed by atoms with Crippen molar-refractivity contribution in [1.82, 2.24) is 15.2 Å². The molecule has 1 aromatic carbocycles. The molecule has 2 rings (SSSR count). The van der Waals surface area contributed by atoms with E-state index >= 15 is 0 Å². The van der Waals surface area contributed by atoms with Gasteiger partial charge in [0.15, 0.2) is 0 Å². The Hall–Kier alpha value is -1.94. The summed E-state index contributed by atoms with van der Waals surface area (Å²) in [5.74, 6) is 0. The monoisotopic (exact) mass is 319 g/mol. The van der Waals surface area contributed by atoms with E-state index in [9.17, 15) is 4.79 Å². The lowest BCUT2D eigenvalue weighted by Gasteiger charge is -2.14. The summed E-state index contributed by atoms with van der Waals surface area (Å²) in [7, 11) is 0. The third kappa shape index (κ3) is 4.81. The number of halogens is 1. The van der Waals surface area contributed by atoms with Crippen LogP contribution in [0.2, 0.25) is 5.02 Å². The Kier molecular flexibility index (Phi) is 5.90. The summed E-state index contributed by atoms with van der Waals surface area (Å²) < 4.78 is 2.12. The zero-order valence-corrected chi connectivity index (χ0v) is 13.7. The van der Waals surface area contributed by atoms with Gasteiger partial charge in [-0.3, -0.25) is 0 Å². The Morgan fingerprint density at radius 2 is 2.00 bits per heavy atom. The van der Waals surface area contributed by atoms with E-state index in [1.807, 2.05) is 56.4 Å². The van der Waals surface area contributed by atoms with Gasteiger partial charge >= 0.3 is 6.03 Å². The number of hydrogen-bond donors (Lipinski definition) is 2. The van der Waals surface area contributed by atoms with Crippen molar-refractivity contribution in [2.75, 3.05) is 0 Å². The van der Waals surface area contributed by atoms with Crippen LogP contribution in [-0.2, 0) is 13.1 Å². The number of carbonyl (C=O) groups excluding carboxylic acids is 1. The van der Waals surface area contributed by atoms with E-state index in [0.29, 0.717) is 6.54 Å². The Balaban J connectivity index is 1.92. The molecule has 0 radical (unpaired) electrons. The molecule has 2 amide bonds. The van der Waals surface area contributed by atoms with Gasteiger partial charge in [0.25, 0.3) is 0 Å².